The van der Waals surface area contributed by atoms with Crippen LogP contribution in [0.1, 0.15) is 43.0 Å². The number of Topliss-reactive ketones (excluding diaryl/α,β-unsaturated/α-hetero) is 1. The Morgan fingerprint density at radius 3 is 2.38 bits per heavy atom. The highest BCUT2D eigenvalue weighted by Crippen LogP contribution is 2.37. The van der Waals surface area contributed by atoms with E-state index in [2.05, 4.69) is 10.3 Å². The molecule has 9 heteroatoms. The first-order chi connectivity index (χ1) is 15.2. The molecule has 0 radical (unpaired) electrons. The Labute approximate surface area is 195 Å². The molecule has 2 heterocycles. The van der Waals surface area contributed by atoms with Gasteiger partial charge in [-0.05, 0) is 56.9 Å². The van der Waals surface area contributed by atoms with Gasteiger partial charge in [-0.1, -0.05) is 23.2 Å². The maximum atomic E-state index is 12.3. The zero-order chi connectivity index (χ0) is 23.0. The van der Waals surface area contributed by atoms with Gasteiger partial charge in [-0.25, -0.2) is 4.98 Å². The molecular formula is C23H22Cl2N4O3. The average Bonchev–Trinajstić information content (AvgIpc) is 2.77. The number of nitrogens with zero attached hydrogens (tertiary/aromatic N) is 2. The fraction of sp³-hybridized carbons (Fsp3) is 0.304. The van der Waals surface area contributed by atoms with E-state index in [1.54, 1.807) is 24.4 Å². The van der Waals surface area contributed by atoms with Crippen LogP contribution < -0.4 is 11.1 Å². The quantitative estimate of drug-likeness (QED) is 0.451. The number of halogens is 2. The molecule has 1 aromatic carbocycles. The topological polar surface area (TPSA) is 118 Å². The van der Waals surface area contributed by atoms with Crippen molar-refractivity contribution in [2.24, 2.45) is 11.7 Å². The lowest BCUT2D eigenvalue weighted by Gasteiger charge is -2.29. The standard InChI is InChI=1S/C23H22Cl2N4O3/c1-11(30)15-10-27-19-7-6-18(13-8-16(24)22(31)17(25)9-13)29-21(19)20(15)28-14-4-2-12(3-5-14)23(26)32/h6-10,12,14,31H,2-5H2,1H3,(H2,26,32)(H,27,28). The molecule has 4 N–H and O–H groups in total. The monoisotopic (exact) mass is 472 g/mol. The minimum atomic E-state index is -0.264. The lowest BCUT2D eigenvalue weighted by molar-refractivity contribution is -0.122. The van der Waals surface area contributed by atoms with Crippen LogP contribution in [0.25, 0.3) is 22.3 Å². The molecule has 2 aromatic heterocycles. The number of amides is 1. The van der Waals surface area contributed by atoms with Crippen molar-refractivity contribution < 1.29 is 14.7 Å². The smallest absolute Gasteiger partial charge is 0.220 e. The van der Waals surface area contributed by atoms with Crippen LogP contribution in [0.3, 0.4) is 0 Å². The fourth-order valence-corrected chi connectivity index (χ4v) is 4.57. The van der Waals surface area contributed by atoms with E-state index >= 15 is 0 Å². The number of rotatable bonds is 5. The minimum absolute atomic E-state index is 0.0808. The van der Waals surface area contributed by atoms with Crippen LogP contribution in [0.2, 0.25) is 10.0 Å². The van der Waals surface area contributed by atoms with Crippen LogP contribution in [0.5, 0.6) is 5.75 Å². The fourth-order valence-electron chi connectivity index (χ4n) is 4.08. The number of benzene rings is 1. The summed E-state index contributed by atoms with van der Waals surface area (Å²) in [4.78, 5) is 33.0. The molecule has 0 bridgehead atoms. The maximum Gasteiger partial charge on any atom is 0.220 e. The Bertz CT molecular complexity index is 1200. The van der Waals surface area contributed by atoms with E-state index in [1.165, 1.54) is 6.92 Å². The number of phenolic OH excluding ortho intramolecular Hbond substituents is 1. The van der Waals surface area contributed by atoms with E-state index in [4.69, 9.17) is 33.9 Å². The second-order valence-corrected chi connectivity index (χ2v) is 8.87. The van der Waals surface area contributed by atoms with E-state index in [0.29, 0.717) is 46.4 Å². The number of anilines is 1. The highest BCUT2D eigenvalue weighted by molar-refractivity contribution is 6.37. The molecule has 166 valence electrons. The van der Waals surface area contributed by atoms with Crippen LogP contribution >= 0.6 is 23.2 Å². The molecule has 4 rings (SSSR count). The summed E-state index contributed by atoms with van der Waals surface area (Å²) in [6.45, 7) is 1.49. The zero-order valence-corrected chi connectivity index (χ0v) is 18.9. The van der Waals surface area contributed by atoms with E-state index < -0.39 is 0 Å². The number of hydrogen-bond donors (Lipinski definition) is 3. The largest absolute Gasteiger partial charge is 0.505 e. The van der Waals surface area contributed by atoms with Crippen molar-refractivity contribution in [3.63, 3.8) is 0 Å². The number of nitrogens with two attached hydrogens (primary N) is 1. The highest BCUT2D eigenvalue weighted by Gasteiger charge is 2.26. The van der Waals surface area contributed by atoms with Gasteiger partial charge in [0.15, 0.2) is 11.5 Å². The van der Waals surface area contributed by atoms with Crippen molar-refractivity contribution >= 4 is 51.6 Å². The molecule has 1 saturated carbocycles. The molecule has 0 spiro atoms. The molecule has 0 aliphatic heterocycles. The lowest BCUT2D eigenvalue weighted by atomic mass is 9.85. The first kappa shape index (κ1) is 22.3. The number of aromatic nitrogens is 2. The van der Waals surface area contributed by atoms with Gasteiger partial charge in [0.1, 0.15) is 5.52 Å². The molecule has 0 saturated heterocycles. The number of pyridine rings is 2. The first-order valence-electron chi connectivity index (χ1n) is 10.3. The Morgan fingerprint density at radius 1 is 1.12 bits per heavy atom. The number of primary amides is 1. The van der Waals surface area contributed by atoms with Gasteiger partial charge in [-0.15, -0.1) is 0 Å². The number of nitrogens with one attached hydrogen (secondary N) is 1. The number of carbonyl (C=O) groups excluding carboxylic acids is 2. The van der Waals surface area contributed by atoms with Gasteiger partial charge in [0.25, 0.3) is 0 Å². The molecule has 0 atom stereocenters. The number of aromatic hydroxyl groups is 1. The molecule has 1 aliphatic rings. The third-order valence-corrected chi connectivity index (χ3v) is 6.46. The zero-order valence-electron chi connectivity index (χ0n) is 17.4. The summed E-state index contributed by atoms with van der Waals surface area (Å²) in [5.41, 5.74) is 8.88. The average molecular weight is 473 g/mol. The van der Waals surface area contributed by atoms with Gasteiger partial charge in [-0.3, -0.25) is 14.6 Å². The molecule has 7 nitrogen and oxygen atoms in total. The van der Waals surface area contributed by atoms with Crippen molar-refractivity contribution in [2.75, 3.05) is 5.32 Å². The van der Waals surface area contributed by atoms with Crippen LogP contribution in [-0.4, -0.2) is 32.8 Å². The molecule has 1 fully saturated rings. The Balaban J connectivity index is 1.76. The Morgan fingerprint density at radius 2 is 1.78 bits per heavy atom. The molecule has 32 heavy (non-hydrogen) atoms. The molecule has 1 aliphatic carbocycles. The number of hydrogen-bond acceptors (Lipinski definition) is 6. The van der Waals surface area contributed by atoms with Crippen molar-refractivity contribution in [1.82, 2.24) is 9.97 Å². The minimum Gasteiger partial charge on any atom is -0.505 e. The van der Waals surface area contributed by atoms with Crippen LogP contribution in [0.4, 0.5) is 5.69 Å². The summed E-state index contributed by atoms with van der Waals surface area (Å²) >= 11 is 12.2. The molecule has 3 aromatic rings. The highest BCUT2D eigenvalue weighted by atomic mass is 35.5. The third-order valence-electron chi connectivity index (χ3n) is 5.88. The van der Waals surface area contributed by atoms with Crippen LogP contribution in [0.15, 0.2) is 30.5 Å². The summed E-state index contributed by atoms with van der Waals surface area (Å²) in [5.74, 6) is -0.689. The molecule has 0 unspecified atom stereocenters. The van der Waals surface area contributed by atoms with Gasteiger partial charge in [-0.2, -0.15) is 0 Å². The summed E-state index contributed by atoms with van der Waals surface area (Å²) in [5, 5.41) is 13.6. The SMILES string of the molecule is CC(=O)c1cnc2ccc(-c3cc(Cl)c(O)c(Cl)c3)nc2c1NC1CCC(C(N)=O)CC1. The van der Waals surface area contributed by atoms with Gasteiger partial charge in [0, 0.05) is 23.7 Å². The van der Waals surface area contributed by atoms with Crippen molar-refractivity contribution in [1.29, 1.82) is 0 Å². The second-order valence-electron chi connectivity index (χ2n) is 8.05. The maximum absolute atomic E-state index is 12.3. The number of ketones is 1. The van der Waals surface area contributed by atoms with E-state index in [0.717, 1.165) is 12.8 Å². The van der Waals surface area contributed by atoms with Crippen molar-refractivity contribution in [3.05, 3.63) is 46.1 Å². The second kappa shape index (κ2) is 8.92. The lowest BCUT2D eigenvalue weighted by Crippen LogP contribution is -2.32. The predicted octanol–water partition coefficient (Wildman–Crippen LogP) is 4.97. The van der Waals surface area contributed by atoms with E-state index in [9.17, 15) is 14.7 Å². The van der Waals surface area contributed by atoms with E-state index in [-0.39, 0.29) is 39.4 Å². The van der Waals surface area contributed by atoms with Crippen molar-refractivity contribution in [2.45, 2.75) is 38.6 Å². The van der Waals surface area contributed by atoms with Crippen molar-refractivity contribution in [3.8, 4) is 17.0 Å². The normalized spacial score (nSPS) is 18.5. The Kier molecular flexibility index (Phi) is 6.22. The van der Waals surface area contributed by atoms with Crippen LogP contribution in [-0.2, 0) is 4.79 Å². The molecular weight excluding hydrogens is 451 g/mol. The predicted molar refractivity (Wildman–Crippen MR) is 125 cm³/mol. The summed E-state index contributed by atoms with van der Waals surface area (Å²) in [6, 6.07) is 6.83. The van der Waals surface area contributed by atoms with Crippen LogP contribution in [0, 0.1) is 5.92 Å². The summed E-state index contributed by atoms with van der Waals surface area (Å²) in [6.07, 6.45) is 4.48. The van der Waals surface area contributed by atoms with Gasteiger partial charge < -0.3 is 16.2 Å². The Hall–Kier alpha value is -2.90. The summed E-state index contributed by atoms with van der Waals surface area (Å²) < 4.78 is 0. The third kappa shape index (κ3) is 4.36. The first-order valence-corrected chi connectivity index (χ1v) is 11.0. The van der Waals surface area contributed by atoms with E-state index in [1.807, 2.05) is 6.07 Å². The van der Waals surface area contributed by atoms with Gasteiger partial charge >= 0.3 is 0 Å². The van der Waals surface area contributed by atoms with Gasteiger partial charge in [0.05, 0.1) is 32.5 Å². The number of fused-ring (bicyclic) bond motifs is 1. The molecule has 1 amide bonds. The number of phenols is 1. The van der Waals surface area contributed by atoms with Gasteiger partial charge in [0.2, 0.25) is 5.91 Å². The summed E-state index contributed by atoms with van der Waals surface area (Å²) in [7, 11) is 0. The number of carbonyl (C=O) groups is 2.